The summed E-state index contributed by atoms with van der Waals surface area (Å²) >= 11 is 5.02. The van der Waals surface area contributed by atoms with Crippen molar-refractivity contribution in [3.05, 3.63) is 42.5 Å². The van der Waals surface area contributed by atoms with Crippen LogP contribution in [0.4, 0.5) is 0 Å². The Labute approximate surface area is 125 Å². The van der Waals surface area contributed by atoms with Gasteiger partial charge in [-0.25, -0.2) is 0 Å². The summed E-state index contributed by atoms with van der Waals surface area (Å²) in [4.78, 5) is 0. The Kier molecular flexibility index (Phi) is 8.07. The zero-order valence-electron chi connectivity index (χ0n) is 11.8. The summed E-state index contributed by atoms with van der Waals surface area (Å²) in [6.07, 6.45) is 5.62. The molecule has 0 saturated heterocycles. The van der Waals surface area contributed by atoms with Gasteiger partial charge in [0.25, 0.3) is 0 Å². The highest BCUT2D eigenvalue weighted by Gasteiger charge is 1.95. The van der Waals surface area contributed by atoms with Crippen molar-refractivity contribution in [2.75, 3.05) is 13.2 Å². The number of unbranched alkanes of at least 4 members (excludes halogenated alkanes) is 1. The predicted octanol–water partition coefficient (Wildman–Crippen LogP) is 2.85. The van der Waals surface area contributed by atoms with Gasteiger partial charge in [0, 0.05) is 6.54 Å². The van der Waals surface area contributed by atoms with Crippen LogP contribution in [0.2, 0.25) is 0 Å². The molecule has 1 rings (SSSR count). The Morgan fingerprint density at radius 2 is 2.35 bits per heavy atom. The fraction of sp³-hybridized carbons (Fsp3) is 0.333. The van der Waals surface area contributed by atoms with Crippen LogP contribution in [-0.4, -0.2) is 24.5 Å². The minimum absolute atomic E-state index is 0.469. The molecule has 0 amide bonds. The lowest BCUT2D eigenvalue weighted by Crippen LogP contribution is -2.31. The number of hydrogen-bond donors (Lipinski definition) is 2. The van der Waals surface area contributed by atoms with Gasteiger partial charge >= 0.3 is 0 Å². The second-order valence-electron chi connectivity index (χ2n) is 4.14. The molecular formula is C15H21N3OS. The van der Waals surface area contributed by atoms with Gasteiger partial charge in [0.15, 0.2) is 5.11 Å². The average molecular weight is 291 g/mol. The summed E-state index contributed by atoms with van der Waals surface area (Å²) in [5.41, 5.74) is 3.70. The number of benzene rings is 1. The minimum Gasteiger partial charge on any atom is -0.494 e. The van der Waals surface area contributed by atoms with E-state index in [1.807, 2.05) is 24.3 Å². The molecule has 1 aromatic carbocycles. The smallest absolute Gasteiger partial charge is 0.187 e. The monoisotopic (exact) mass is 291 g/mol. The summed E-state index contributed by atoms with van der Waals surface area (Å²) < 4.78 is 5.64. The molecule has 2 N–H and O–H groups in total. The van der Waals surface area contributed by atoms with Crippen LogP contribution >= 0.6 is 12.2 Å². The first-order chi connectivity index (χ1) is 9.76. The van der Waals surface area contributed by atoms with Crippen molar-refractivity contribution >= 4 is 23.5 Å². The van der Waals surface area contributed by atoms with Gasteiger partial charge in [-0.2, -0.15) is 5.10 Å². The number of ether oxygens (including phenoxy) is 1. The normalized spacial score (nSPS) is 10.2. The van der Waals surface area contributed by atoms with Crippen molar-refractivity contribution in [3.8, 4) is 5.75 Å². The molecule has 0 radical (unpaired) electrons. The van der Waals surface area contributed by atoms with E-state index in [4.69, 9.17) is 17.0 Å². The van der Waals surface area contributed by atoms with E-state index in [2.05, 4.69) is 29.3 Å². The largest absolute Gasteiger partial charge is 0.494 e. The van der Waals surface area contributed by atoms with Gasteiger partial charge in [-0.3, -0.25) is 5.43 Å². The highest BCUT2D eigenvalue weighted by Crippen LogP contribution is 2.12. The van der Waals surface area contributed by atoms with Crippen LogP contribution in [0.3, 0.4) is 0 Å². The lowest BCUT2D eigenvalue weighted by molar-refractivity contribution is 0.309. The van der Waals surface area contributed by atoms with Crippen LogP contribution < -0.4 is 15.5 Å². The molecule has 0 aliphatic rings. The zero-order valence-corrected chi connectivity index (χ0v) is 12.6. The average Bonchev–Trinajstić information content (AvgIpc) is 2.46. The van der Waals surface area contributed by atoms with Gasteiger partial charge in [0.05, 0.1) is 12.8 Å². The van der Waals surface area contributed by atoms with Crippen LogP contribution in [0.15, 0.2) is 42.0 Å². The van der Waals surface area contributed by atoms with Crippen molar-refractivity contribution in [1.29, 1.82) is 0 Å². The molecule has 1 aromatic rings. The Balaban J connectivity index is 2.44. The number of nitrogens with one attached hydrogen (secondary N) is 2. The zero-order chi connectivity index (χ0) is 14.6. The minimum atomic E-state index is 0.469. The molecule has 108 valence electrons. The quantitative estimate of drug-likeness (QED) is 0.254. The molecule has 0 aromatic heterocycles. The van der Waals surface area contributed by atoms with Crippen LogP contribution in [0.1, 0.15) is 25.3 Å². The highest BCUT2D eigenvalue weighted by atomic mass is 32.1. The number of rotatable bonds is 8. The van der Waals surface area contributed by atoms with E-state index in [0.717, 1.165) is 30.8 Å². The lowest BCUT2D eigenvalue weighted by Gasteiger charge is -2.06. The van der Waals surface area contributed by atoms with E-state index < -0.39 is 0 Å². The van der Waals surface area contributed by atoms with E-state index in [0.29, 0.717) is 11.7 Å². The van der Waals surface area contributed by atoms with Crippen molar-refractivity contribution < 1.29 is 4.74 Å². The van der Waals surface area contributed by atoms with Crippen LogP contribution in [0.25, 0.3) is 0 Å². The molecule has 0 atom stereocenters. The first-order valence-electron chi connectivity index (χ1n) is 6.67. The van der Waals surface area contributed by atoms with Gasteiger partial charge in [-0.1, -0.05) is 31.6 Å². The van der Waals surface area contributed by atoms with Crippen LogP contribution in [0, 0.1) is 0 Å². The Bertz CT molecular complexity index is 460. The Morgan fingerprint density at radius 1 is 1.50 bits per heavy atom. The van der Waals surface area contributed by atoms with Crippen LogP contribution in [0.5, 0.6) is 5.75 Å². The third kappa shape index (κ3) is 6.89. The first kappa shape index (κ1) is 16.2. The predicted molar refractivity (Wildman–Crippen MR) is 88.4 cm³/mol. The van der Waals surface area contributed by atoms with E-state index in [9.17, 15) is 0 Å². The molecule has 0 unspecified atom stereocenters. The van der Waals surface area contributed by atoms with Gasteiger partial charge in [-0.05, 0) is 36.3 Å². The third-order valence-corrected chi connectivity index (χ3v) is 2.65. The summed E-state index contributed by atoms with van der Waals surface area (Å²) in [5, 5.41) is 7.46. The Hall–Kier alpha value is -1.88. The molecule has 0 heterocycles. The van der Waals surface area contributed by atoms with Gasteiger partial charge in [0.2, 0.25) is 0 Å². The van der Waals surface area contributed by atoms with Crippen molar-refractivity contribution in [2.24, 2.45) is 5.10 Å². The molecule has 4 nitrogen and oxygen atoms in total. The lowest BCUT2D eigenvalue weighted by atomic mass is 10.2. The molecule has 20 heavy (non-hydrogen) atoms. The van der Waals surface area contributed by atoms with Crippen molar-refractivity contribution in [3.63, 3.8) is 0 Å². The number of hydrogen-bond acceptors (Lipinski definition) is 3. The topological polar surface area (TPSA) is 45.7 Å². The standard InChI is InChI=1S/C15H21N3OS/c1-3-5-10-19-14-8-6-7-13(11-14)12-17-18-15(20)16-9-4-2/h4,6-8,11-12H,2-3,5,9-10H2,1H3,(H2,16,18,20)/b17-12+. The maximum absolute atomic E-state index is 5.64. The summed E-state index contributed by atoms with van der Waals surface area (Å²) in [5.74, 6) is 0.856. The SMILES string of the molecule is C=CCNC(=S)N/N=C/c1cccc(OCCCC)c1. The molecule has 0 bridgehead atoms. The molecule has 5 heteroatoms. The number of nitrogens with zero attached hydrogens (tertiary/aromatic N) is 1. The molecular weight excluding hydrogens is 270 g/mol. The Morgan fingerprint density at radius 3 is 3.10 bits per heavy atom. The fourth-order valence-electron chi connectivity index (χ4n) is 1.39. The number of thiocarbonyl (C=S) groups is 1. The molecule has 0 aliphatic carbocycles. The number of hydrazone groups is 1. The maximum Gasteiger partial charge on any atom is 0.187 e. The molecule has 0 fully saturated rings. The fourth-order valence-corrected chi connectivity index (χ4v) is 1.52. The first-order valence-corrected chi connectivity index (χ1v) is 7.07. The van der Waals surface area contributed by atoms with E-state index in [1.165, 1.54) is 0 Å². The second-order valence-corrected chi connectivity index (χ2v) is 4.55. The van der Waals surface area contributed by atoms with E-state index in [-0.39, 0.29) is 0 Å². The molecule has 0 aliphatic heterocycles. The molecule has 0 spiro atoms. The molecule has 0 saturated carbocycles. The van der Waals surface area contributed by atoms with Gasteiger partial charge < -0.3 is 10.1 Å². The van der Waals surface area contributed by atoms with Gasteiger partial charge in [0.1, 0.15) is 5.75 Å². The summed E-state index contributed by atoms with van der Waals surface area (Å²) in [6.45, 7) is 7.09. The summed E-state index contributed by atoms with van der Waals surface area (Å²) in [7, 11) is 0. The van der Waals surface area contributed by atoms with Gasteiger partial charge in [-0.15, -0.1) is 6.58 Å². The van der Waals surface area contributed by atoms with Crippen molar-refractivity contribution in [2.45, 2.75) is 19.8 Å². The van der Waals surface area contributed by atoms with E-state index >= 15 is 0 Å². The summed E-state index contributed by atoms with van der Waals surface area (Å²) in [6, 6.07) is 7.78. The highest BCUT2D eigenvalue weighted by molar-refractivity contribution is 7.80. The maximum atomic E-state index is 5.64. The van der Waals surface area contributed by atoms with Crippen molar-refractivity contribution in [1.82, 2.24) is 10.7 Å². The second kappa shape index (κ2) is 9.97. The third-order valence-electron chi connectivity index (χ3n) is 2.41. The van der Waals surface area contributed by atoms with Crippen LogP contribution in [-0.2, 0) is 0 Å². The van der Waals surface area contributed by atoms with E-state index in [1.54, 1.807) is 12.3 Å².